The molecule has 0 bridgehead atoms. The summed E-state index contributed by atoms with van der Waals surface area (Å²) >= 11 is 1.85. The minimum Gasteiger partial charge on any atom is -0.512 e. The van der Waals surface area contributed by atoms with E-state index < -0.39 is 0 Å². The normalized spacial score (nSPS) is 12.0. The van der Waals surface area contributed by atoms with Gasteiger partial charge in [0.15, 0.2) is 0 Å². The molecule has 0 fully saturated rings. The van der Waals surface area contributed by atoms with Crippen molar-refractivity contribution in [3.8, 4) is 0 Å². The van der Waals surface area contributed by atoms with E-state index in [4.69, 9.17) is 0 Å². The molecule has 0 heterocycles. The molecule has 0 saturated carbocycles. The zero-order valence-electron chi connectivity index (χ0n) is 12.4. The average molecular weight is 272 g/mol. The number of aliphatic hydroxyl groups is 1. The molecule has 0 saturated heterocycles. The molecular weight excluding hydrogens is 240 g/mol. The smallest absolute Gasteiger partial charge is 0.0978 e. The number of hydrogen-bond acceptors (Lipinski definition) is 2. The second-order valence-corrected chi connectivity index (χ2v) is 6.12. The van der Waals surface area contributed by atoms with Gasteiger partial charge < -0.3 is 5.11 Å². The molecule has 0 aromatic carbocycles. The Morgan fingerprint density at radius 1 is 0.889 bits per heavy atom. The predicted octanol–water partition coefficient (Wildman–Crippen LogP) is 6.10. The highest BCUT2D eigenvalue weighted by Gasteiger charge is 1.94. The summed E-state index contributed by atoms with van der Waals surface area (Å²) in [6, 6.07) is 0. The molecule has 108 valence electrons. The van der Waals surface area contributed by atoms with E-state index in [9.17, 15) is 5.11 Å². The van der Waals surface area contributed by atoms with Crippen LogP contribution in [-0.2, 0) is 0 Å². The number of unbranched alkanes of at least 4 members (excludes halogenated alkanes) is 9. The van der Waals surface area contributed by atoms with Gasteiger partial charge in [-0.2, -0.15) is 11.8 Å². The summed E-state index contributed by atoms with van der Waals surface area (Å²) in [5.41, 5.74) is 0. The van der Waals surface area contributed by atoms with Crippen LogP contribution in [-0.4, -0.2) is 16.6 Å². The van der Waals surface area contributed by atoms with Crippen LogP contribution in [0, 0.1) is 0 Å². The SMILES string of the molecule is CC=C(O)CSCCCCCCCCCCCC. The fourth-order valence-corrected chi connectivity index (χ4v) is 2.88. The van der Waals surface area contributed by atoms with Gasteiger partial charge in [-0.05, 0) is 25.2 Å². The van der Waals surface area contributed by atoms with Gasteiger partial charge in [-0.3, -0.25) is 0 Å². The van der Waals surface area contributed by atoms with Crippen LogP contribution in [0.1, 0.15) is 78.1 Å². The Kier molecular flexibility index (Phi) is 14.9. The van der Waals surface area contributed by atoms with Crippen molar-refractivity contribution < 1.29 is 5.11 Å². The Hall–Kier alpha value is -0.110. The molecular formula is C16H32OS. The molecule has 0 amide bonds. The number of rotatable bonds is 13. The molecule has 0 atom stereocenters. The molecule has 0 aliphatic rings. The van der Waals surface area contributed by atoms with Gasteiger partial charge in [0.25, 0.3) is 0 Å². The van der Waals surface area contributed by atoms with E-state index in [0.717, 1.165) is 5.75 Å². The van der Waals surface area contributed by atoms with Crippen molar-refractivity contribution in [2.24, 2.45) is 0 Å². The highest BCUT2D eigenvalue weighted by Crippen LogP contribution is 2.13. The van der Waals surface area contributed by atoms with Gasteiger partial charge >= 0.3 is 0 Å². The Morgan fingerprint density at radius 2 is 1.39 bits per heavy atom. The predicted molar refractivity (Wildman–Crippen MR) is 85.6 cm³/mol. The van der Waals surface area contributed by atoms with E-state index in [1.807, 2.05) is 18.7 Å². The third kappa shape index (κ3) is 14.0. The Balaban J connectivity index is 2.99. The molecule has 0 aliphatic heterocycles. The highest BCUT2D eigenvalue weighted by atomic mass is 32.2. The Morgan fingerprint density at radius 3 is 1.89 bits per heavy atom. The molecule has 0 aromatic rings. The second-order valence-electron chi connectivity index (χ2n) is 5.01. The lowest BCUT2D eigenvalue weighted by molar-refractivity contribution is 0.416. The molecule has 18 heavy (non-hydrogen) atoms. The maximum absolute atomic E-state index is 9.26. The lowest BCUT2D eigenvalue weighted by atomic mass is 10.1. The molecule has 0 unspecified atom stereocenters. The van der Waals surface area contributed by atoms with Crippen LogP contribution in [0.4, 0.5) is 0 Å². The second kappa shape index (κ2) is 14.9. The molecule has 1 N–H and O–H groups in total. The zero-order valence-corrected chi connectivity index (χ0v) is 13.2. The summed E-state index contributed by atoms with van der Waals surface area (Å²) in [4.78, 5) is 0. The van der Waals surface area contributed by atoms with Crippen molar-refractivity contribution in [1.82, 2.24) is 0 Å². The van der Waals surface area contributed by atoms with Crippen LogP contribution in [0.3, 0.4) is 0 Å². The van der Waals surface area contributed by atoms with Gasteiger partial charge in [0.05, 0.1) is 11.5 Å². The Bertz CT molecular complexity index is 190. The summed E-state index contributed by atoms with van der Waals surface area (Å²) in [6.07, 6.45) is 15.7. The van der Waals surface area contributed by atoms with Gasteiger partial charge in [-0.1, -0.05) is 64.7 Å². The van der Waals surface area contributed by atoms with Crippen molar-refractivity contribution in [1.29, 1.82) is 0 Å². The molecule has 0 radical (unpaired) electrons. The molecule has 0 aromatic heterocycles. The van der Waals surface area contributed by atoms with Crippen LogP contribution in [0.5, 0.6) is 0 Å². The van der Waals surface area contributed by atoms with Crippen molar-refractivity contribution in [3.63, 3.8) is 0 Å². The standard InChI is InChI=1S/C16H32OS/c1-3-5-6-7-8-9-10-11-12-13-14-18-15-16(17)4-2/h4,17H,3,5-15H2,1-2H3. The minimum absolute atomic E-state index is 0.520. The van der Waals surface area contributed by atoms with Crippen molar-refractivity contribution >= 4 is 11.8 Å². The topological polar surface area (TPSA) is 20.2 Å². The molecule has 2 heteroatoms. The number of thioether (sulfide) groups is 1. The van der Waals surface area contributed by atoms with E-state index in [1.54, 1.807) is 6.08 Å². The molecule has 1 nitrogen and oxygen atoms in total. The first-order valence-electron chi connectivity index (χ1n) is 7.73. The van der Waals surface area contributed by atoms with Crippen LogP contribution < -0.4 is 0 Å². The summed E-state index contributed by atoms with van der Waals surface area (Å²) < 4.78 is 0. The maximum Gasteiger partial charge on any atom is 0.0978 e. The van der Waals surface area contributed by atoms with Crippen molar-refractivity contribution in [2.75, 3.05) is 11.5 Å². The van der Waals surface area contributed by atoms with Gasteiger partial charge in [-0.15, -0.1) is 0 Å². The van der Waals surface area contributed by atoms with Crippen molar-refractivity contribution in [3.05, 3.63) is 11.8 Å². The Labute approximate surface area is 118 Å². The largest absolute Gasteiger partial charge is 0.512 e. The first-order valence-corrected chi connectivity index (χ1v) is 8.88. The third-order valence-electron chi connectivity index (χ3n) is 3.23. The first-order chi connectivity index (χ1) is 8.81. The van der Waals surface area contributed by atoms with E-state index in [2.05, 4.69) is 6.92 Å². The van der Waals surface area contributed by atoms with Gasteiger partial charge in [-0.25, -0.2) is 0 Å². The summed E-state index contributed by atoms with van der Waals surface area (Å²) in [5.74, 6) is 2.49. The van der Waals surface area contributed by atoms with Crippen LogP contribution in [0.25, 0.3) is 0 Å². The van der Waals surface area contributed by atoms with Gasteiger partial charge in [0.2, 0.25) is 0 Å². The summed E-state index contributed by atoms with van der Waals surface area (Å²) in [6.45, 7) is 4.16. The van der Waals surface area contributed by atoms with E-state index in [0.29, 0.717) is 5.76 Å². The lowest BCUT2D eigenvalue weighted by Gasteiger charge is -2.03. The van der Waals surface area contributed by atoms with Gasteiger partial charge in [0, 0.05) is 0 Å². The van der Waals surface area contributed by atoms with Crippen LogP contribution in [0.15, 0.2) is 11.8 Å². The number of allylic oxidation sites excluding steroid dienone is 1. The van der Waals surface area contributed by atoms with Crippen molar-refractivity contribution in [2.45, 2.75) is 78.1 Å². The lowest BCUT2D eigenvalue weighted by Crippen LogP contribution is -1.88. The number of aliphatic hydroxyl groups excluding tert-OH is 1. The van der Waals surface area contributed by atoms with E-state index in [-0.39, 0.29) is 0 Å². The monoisotopic (exact) mass is 272 g/mol. The minimum atomic E-state index is 0.520. The van der Waals surface area contributed by atoms with Crippen LogP contribution >= 0.6 is 11.8 Å². The fourth-order valence-electron chi connectivity index (χ4n) is 1.95. The average Bonchev–Trinajstić information content (AvgIpc) is 2.39. The molecule has 0 rings (SSSR count). The molecule has 0 spiro atoms. The summed E-state index contributed by atoms with van der Waals surface area (Å²) in [5, 5.41) is 9.26. The highest BCUT2D eigenvalue weighted by molar-refractivity contribution is 7.99. The zero-order chi connectivity index (χ0) is 13.5. The summed E-state index contributed by atoms with van der Waals surface area (Å²) in [7, 11) is 0. The van der Waals surface area contributed by atoms with Gasteiger partial charge in [0.1, 0.15) is 0 Å². The fraction of sp³-hybridized carbons (Fsp3) is 0.875. The quantitative estimate of drug-likeness (QED) is 0.323. The molecule has 0 aliphatic carbocycles. The van der Waals surface area contributed by atoms with E-state index >= 15 is 0 Å². The van der Waals surface area contributed by atoms with E-state index in [1.165, 1.54) is 70.0 Å². The van der Waals surface area contributed by atoms with Crippen LogP contribution in [0.2, 0.25) is 0 Å². The number of hydrogen-bond donors (Lipinski definition) is 1. The third-order valence-corrected chi connectivity index (χ3v) is 4.30. The maximum atomic E-state index is 9.26. The first kappa shape index (κ1) is 17.9.